The van der Waals surface area contributed by atoms with Gasteiger partial charge < -0.3 is 10.3 Å². The summed E-state index contributed by atoms with van der Waals surface area (Å²) in [7, 11) is 1.94. The quantitative estimate of drug-likeness (QED) is 0.383. The van der Waals surface area contributed by atoms with Crippen LogP contribution in [0, 0.1) is 10.1 Å². The Labute approximate surface area is 119 Å². The van der Waals surface area contributed by atoms with E-state index >= 15 is 0 Å². The maximum Gasteiger partial charge on any atom is 0.316 e. The first-order valence-electron chi connectivity index (χ1n) is 7.12. The maximum absolute atomic E-state index is 11.3. The Balaban J connectivity index is 2.32. The molecule has 1 aliphatic rings. The van der Waals surface area contributed by atoms with Gasteiger partial charge in [-0.15, -0.1) is 0 Å². The van der Waals surface area contributed by atoms with Crippen LogP contribution in [0.25, 0.3) is 0 Å². The largest absolute Gasteiger partial charge is 0.366 e. The zero-order valence-corrected chi connectivity index (χ0v) is 11.8. The van der Waals surface area contributed by atoms with E-state index in [9.17, 15) is 10.1 Å². The van der Waals surface area contributed by atoms with Crippen molar-refractivity contribution in [3.63, 3.8) is 0 Å². The Bertz CT molecular complexity index is 470. The number of nitrogens with one attached hydrogen (secondary N) is 1. The predicted molar refractivity (Wildman–Crippen MR) is 80.8 cm³/mol. The van der Waals surface area contributed by atoms with Crippen molar-refractivity contribution in [3.8, 4) is 0 Å². The number of hydrazine groups is 1. The van der Waals surface area contributed by atoms with E-state index in [4.69, 9.17) is 5.84 Å². The average molecular weight is 278 g/mol. The molecule has 0 unspecified atom stereocenters. The Morgan fingerprint density at radius 3 is 2.50 bits per heavy atom. The highest BCUT2D eigenvalue weighted by atomic mass is 16.6. The van der Waals surface area contributed by atoms with Crippen LogP contribution in [-0.4, -0.2) is 18.0 Å². The van der Waals surface area contributed by atoms with Crippen LogP contribution in [0.1, 0.15) is 38.5 Å². The lowest BCUT2D eigenvalue weighted by Crippen LogP contribution is -2.31. The minimum atomic E-state index is -0.363. The van der Waals surface area contributed by atoms with Crippen molar-refractivity contribution < 1.29 is 4.92 Å². The first-order valence-corrected chi connectivity index (χ1v) is 7.12. The van der Waals surface area contributed by atoms with Gasteiger partial charge in [-0.3, -0.25) is 16.0 Å². The third-order valence-corrected chi connectivity index (χ3v) is 4.11. The van der Waals surface area contributed by atoms with E-state index < -0.39 is 0 Å². The smallest absolute Gasteiger partial charge is 0.316 e. The van der Waals surface area contributed by atoms with E-state index in [1.54, 1.807) is 18.2 Å². The van der Waals surface area contributed by atoms with Crippen LogP contribution in [0.3, 0.4) is 0 Å². The molecule has 0 heterocycles. The fourth-order valence-corrected chi connectivity index (χ4v) is 2.97. The number of nitrogen functional groups attached to an aromatic ring is 1. The fourth-order valence-electron chi connectivity index (χ4n) is 2.97. The van der Waals surface area contributed by atoms with E-state index in [0.29, 0.717) is 17.4 Å². The van der Waals surface area contributed by atoms with E-state index in [-0.39, 0.29) is 10.6 Å². The highest BCUT2D eigenvalue weighted by molar-refractivity contribution is 5.76. The van der Waals surface area contributed by atoms with Crippen molar-refractivity contribution in [2.45, 2.75) is 44.6 Å². The molecule has 1 aromatic carbocycles. The zero-order chi connectivity index (χ0) is 14.5. The molecule has 0 saturated heterocycles. The standard InChI is InChI=1S/C14H22N4O2/c1-17(11-7-4-2-3-5-8-11)13-10-6-9-12(16-15)14(13)18(19)20/h6,9-11,16H,2-5,7-8,15H2,1H3. The summed E-state index contributed by atoms with van der Waals surface area (Å²) in [5, 5.41) is 11.3. The van der Waals surface area contributed by atoms with E-state index in [0.717, 1.165) is 12.8 Å². The monoisotopic (exact) mass is 278 g/mol. The molecule has 110 valence electrons. The maximum atomic E-state index is 11.3. The second-order valence-corrected chi connectivity index (χ2v) is 5.33. The van der Waals surface area contributed by atoms with Crippen molar-refractivity contribution >= 4 is 17.1 Å². The second-order valence-electron chi connectivity index (χ2n) is 5.33. The van der Waals surface area contributed by atoms with E-state index in [1.165, 1.54) is 25.7 Å². The van der Waals surface area contributed by atoms with Crippen LogP contribution in [0.2, 0.25) is 0 Å². The summed E-state index contributed by atoms with van der Waals surface area (Å²) in [4.78, 5) is 13.0. The van der Waals surface area contributed by atoms with Crippen molar-refractivity contribution in [1.29, 1.82) is 0 Å². The number of hydrogen-bond acceptors (Lipinski definition) is 5. The highest BCUT2D eigenvalue weighted by Crippen LogP contribution is 2.37. The van der Waals surface area contributed by atoms with Crippen LogP contribution < -0.4 is 16.2 Å². The summed E-state index contributed by atoms with van der Waals surface area (Å²) in [6, 6.07) is 5.58. The lowest BCUT2D eigenvalue weighted by molar-refractivity contribution is -0.383. The lowest BCUT2D eigenvalue weighted by atomic mass is 10.1. The summed E-state index contributed by atoms with van der Waals surface area (Å²) in [5.41, 5.74) is 3.47. The SMILES string of the molecule is CN(c1cccc(NN)c1[N+](=O)[O-])C1CCCCCC1. The van der Waals surface area contributed by atoms with Crippen LogP contribution in [-0.2, 0) is 0 Å². The summed E-state index contributed by atoms with van der Waals surface area (Å²) >= 11 is 0. The fraction of sp³-hybridized carbons (Fsp3) is 0.571. The molecular formula is C14H22N4O2. The van der Waals surface area contributed by atoms with Gasteiger partial charge in [0.15, 0.2) is 0 Å². The summed E-state index contributed by atoms with van der Waals surface area (Å²) in [5.74, 6) is 5.39. The zero-order valence-electron chi connectivity index (χ0n) is 11.8. The Morgan fingerprint density at radius 1 is 1.30 bits per heavy atom. The Hall–Kier alpha value is -1.82. The number of hydrogen-bond donors (Lipinski definition) is 2. The molecule has 0 radical (unpaired) electrons. The summed E-state index contributed by atoms with van der Waals surface area (Å²) in [6.07, 6.45) is 7.09. The number of nitrogens with two attached hydrogens (primary N) is 1. The molecule has 6 nitrogen and oxygen atoms in total. The first-order chi connectivity index (χ1) is 9.65. The molecule has 1 saturated carbocycles. The lowest BCUT2D eigenvalue weighted by Gasteiger charge is -2.29. The molecule has 6 heteroatoms. The van der Waals surface area contributed by atoms with Gasteiger partial charge in [-0.05, 0) is 25.0 Å². The predicted octanol–water partition coefficient (Wildman–Crippen LogP) is 3.04. The van der Waals surface area contributed by atoms with Gasteiger partial charge in [0, 0.05) is 13.1 Å². The summed E-state index contributed by atoms with van der Waals surface area (Å²) < 4.78 is 0. The summed E-state index contributed by atoms with van der Waals surface area (Å²) in [6.45, 7) is 0. The average Bonchev–Trinajstić information content (AvgIpc) is 2.74. The van der Waals surface area contributed by atoms with Gasteiger partial charge in [0.2, 0.25) is 0 Å². The van der Waals surface area contributed by atoms with Gasteiger partial charge in [-0.2, -0.15) is 0 Å². The molecule has 3 N–H and O–H groups in total. The third kappa shape index (κ3) is 3.01. The van der Waals surface area contributed by atoms with Gasteiger partial charge in [-0.1, -0.05) is 31.7 Å². The van der Waals surface area contributed by atoms with Gasteiger partial charge in [0.1, 0.15) is 11.4 Å². The van der Waals surface area contributed by atoms with Crippen LogP contribution >= 0.6 is 0 Å². The van der Waals surface area contributed by atoms with Crippen LogP contribution in [0.15, 0.2) is 18.2 Å². The van der Waals surface area contributed by atoms with Crippen molar-refractivity contribution in [2.75, 3.05) is 17.4 Å². The normalized spacial score (nSPS) is 16.5. The molecule has 0 amide bonds. The van der Waals surface area contributed by atoms with Gasteiger partial charge in [-0.25, -0.2) is 0 Å². The minimum Gasteiger partial charge on any atom is -0.366 e. The molecule has 1 aromatic rings. The molecule has 1 aliphatic carbocycles. The molecule has 0 aliphatic heterocycles. The third-order valence-electron chi connectivity index (χ3n) is 4.11. The highest BCUT2D eigenvalue weighted by Gasteiger charge is 2.26. The molecule has 0 aromatic heterocycles. The van der Waals surface area contributed by atoms with Crippen LogP contribution in [0.4, 0.5) is 17.1 Å². The number of nitro benzene ring substituents is 1. The topological polar surface area (TPSA) is 84.4 Å². The number of benzene rings is 1. The van der Waals surface area contributed by atoms with E-state index in [2.05, 4.69) is 5.43 Å². The second kappa shape index (κ2) is 6.56. The number of nitro groups is 1. The molecular weight excluding hydrogens is 256 g/mol. The number of rotatable bonds is 4. The molecule has 0 spiro atoms. The molecule has 1 fully saturated rings. The van der Waals surface area contributed by atoms with Crippen LogP contribution in [0.5, 0.6) is 0 Å². The minimum absolute atomic E-state index is 0.0572. The Kier molecular flexibility index (Phi) is 4.79. The first kappa shape index (κ1) is 14.6. The molecule has 2 rings (SSSR count). The van der Waals surface area contributed by atoms with Gasteiger partial charge in [0.25, 0.3) is 0 Å². The number of nitrogens with zero attached hydrogens (tertiary/aromatic N) is 2. The van der Waals surface area contributed by atoms with Gasteiger partial charge >= 0.3 is 5.69 Å². The molecule has 20 heavy (non-hydrogen) atoms. The van der Waals surface area contributed by atoms with Crippen molar-refractivity contribution in [3.05, 3.63) is 28.3 Å². The van der Waals surface area contributed by atoms with Crippen molar-refractivity contribution in [2.24, 2.45) is 5.84 Å². The van der Waals surface area contributed by atoms with Crippen molar-refractivity contribution in [1.82, 2.24) is 0 Å². The molecule has 0 atom stereocenters. The van der Waals surface area contributed by atoms with E-state index in [1.807, 2.05) is 11.9 Å². The number of para-hydroxylation sites is 1. The number of anilines is 2. The van der Waals surface area contributed by atoms with Gasteiger partial charge in [0.05, 0.1) is 4.92 Å². The molecule has 0 bridgehead atoms. The Morgan fingerprint density at radius 2 is 1.95 bits per heavy atom.